The Morgan fingerprint density at radius 1 is 1.07 bits per heavy atom. The maximum Gasteiger partial charge on any atom is 0.216 e. The quantitative estimate of drug-likeness (QED) is 0.334. The number of guanidine groups is 1. The first-order valence-corrected chi connectivity index (χ1v) is 11.6. The van der Waals surface area contributed by atoms with E-state index in [9.17, 15) is 8.42 Å². The fourth-order valence-electron chi connectivity index (χ4n) is 3.66. The molecule has 2 aromatic carbocycles. The van der Waals surface area contributed by atoms with Gasteiger partial charge < -0.3 is 10.2 Å². The predicted molar refractivity (Wildman–Crippen MR) is 134 cm³/mol. The van der Waals surface area contributed by atoms with E-state index in [1.165, 1.54) is 11.1 Å². The molecule has 3 rings (SSSR count). The minimum Gasteiger partial charge on any atom is -0.352 e. The highest BCUT2D eigenvalue weighted by Gasteiger charge is 2.19. The summed E-state index contributed by atoms with van der Waals surface area (Å²) in [7, 11) is -1.59. The van der Waals surface area contributed by atoms with Crippen LogP contribution in [0.15, 0.2) is 53.5 Å². The van der Waals surface area contributed by atoms with Crippen molar-refractivity contribution in [1.82, 2.24) is 14.9 Å². The van der Waals surface area contributed by atoms with Crippen molar-refractivity contribution in [3.8, 4) is 0 Å². The van der Waals surface area contributed by atoms with Crippen molar-refractivity contribution in [2.45, 2.75) is 45.2 Å². The average molecular weight is 542 g/mol. The molecule has 0 fully saturated rings. The minimum absolute atomic E-state index is 0. The van der Waals surface area contributed by atoms with Crippen molar-refractivity contribution < 1.29 is 8.42 Å². The van der Waals surface area contributed by atoms with E-state index < -0.39 is 10.0 Å². The van der Waals surface area contributed by atoms with Crippen LogP contribution in [0.1, 0.15) is 36.1 Å². The normalized spacial score (nSPS) is 14.3. The third-order valence-corrected chi connectivity index (χ3v) is 6.48. The van der Waals surface area contributed by atoms with E-state index in [1.54, 1.807) is 7.05 Å². The molecule has 6 nitrogen and oxygen atoms in total. The zero-order valence-electron chi connectivity index (χ0n) is 17.8. The van der Waals surface area contributed by atoms with E-state index in [4.69, 9.17) is 0 Å². The van der Waals surface area contributed by atoms with Crippen LogP contribution in [0.4, 0.5) is 0 Å². The summed E-state index contributed by atoms with van der Waals surface area (Å²) in [6.45, 7) is 5.91. The highest BCUT2D eigenvalue weighted by atomic mass is 127. The molecule has 2 aromatic rings. The zero-order valence-corrected chi connectivity index (χ0v) is 20.9. The Balaban J connectivity index is 0.00000320. The minimum atomic E-state index is -3.37. The van der Waals surface area contributed by atoms with Gasteiger partial charge >= 0.3 is 0 Å². The average Bonchev–Trinajstić information content (AvgIpc) is 2.68. The summed E-state index contributed by atoms with van der Waals surface area (Å²) in [6.07, 6.45) is 0.993. The van der Waals surface area contributed by atoms with Gasteiger partial charge in [-0.2, -0.15) is 0 Å². The summed E-state index contributed by atoms with van der Waals surface area (Å²) >= 11 is 0. The van der Waals surface area contributed by atoms with Gasteiger partial charge in [-0.25, -0.2) is 13.1 Å². The van der Waals surface area contributed by atoms with Gasteiger partial charge in [-0.15, -0.1) is 24.0 Å². The maximum atomic E-state index is 12.4. The van der Waals surface area contributed by atoms with Crippen LogP contribution in [0.5, 0.6) is 0 Å². The first-order valence-electron chi connectivity index (χ1n) is 9.97. The van der Waals surface area contributed by atoms with E-state index >= 15 is 0 Å². The van der Waals surface area contributed by atoms with Crippen molar-refractivity contribution in [3.05, 3.63) is 70.8 Å². The van der Waals surface area contributed by atoms with Crippen LogP contribution in [0.25, 0.3) is 0 Å². The third-order valence-electron chi connectivity index (χ3n) is 4.96. The molecule has 1 aliphatic rings. The highest BCUT2D eigenvalue weighted by molar-refractivity contribution is 14.0. The summed E-state index contributed by atoms with van der Waals surface area (Å²) in [4.78, 5) is 6.68. The number of nitrogens with zero attached hydrogens (tertiary/aromatic N) is 2. The summed E-state index contributed by atoms with van der Waals surface area (Å²) in [6, 6.07) is 16.0. The number of sulfonamides is 1. The molecular formula is C22H31IN4O2S. The summed E-state index contributed by atoms with van der Waals surface area (Å²) in [5.41, 5.74) is 4.48. The SMILES string of the molecule is CN=C(NCc1ccccc1CS(=O)(=O)NC(C)C)N1CCc2ccccc2C1.I. The van der Waals surface area contributed by atoms with Gasteiger partial charge in [-0.05, 0) is 42.5 Å². The molecule has 30 heavy (non-hydrogen) atoms. The molecule has 8 heteroatoms. The second-order valence-corrected chi connectivity index (χ2v) is 9.40. The Morgan fingerprint density at radius 2 is 1.70 bits per heavy atom. The van der Waals surface area contributed by atoms with Gasteiger partial charge in [0, 0.05) is 32.7 Å². The zero-order chi connectivity index (χ0) is 20.9. The third kappa shape index (κ3) is 6.68. The van der Waals surface area contributed by atoms with Gasteiger partial charge in [0.25, 0.3) is 0 Å². The standard InChI is InChI=1S/C22H30N4O2S.HI/c1-17(2)25-29(27,28)16-21-11-7-5-9-19(21)14-24-22(23-3)26-13-12-18-8-4-6-10-20(18)15-26;/h4-11,17,25H,12-16H2,1-3H3,(H,23,24);1H. The summed E-state index contributed by atoms with van der Waals surface area (Å²) < 4.78 is 27.4. The molecule has 164 valence electrons. The number of rotatable bonds is 6. The molecule has 0 amide bonds. The van der Waals surface area contributed by atoms with Crippen LogP contribution < -0.4 is 10.0 Å². The van der Waals surface area contributed by atoms with E-state index in [-0.39, 0.29) is 35.8 Å². The van der Waals surface area contributed by atoms with Crippen molar-refractivity contribution in [1.29, 1.82) is 0 Å². The summed E-state index contributed by atoms with van der Waals surface area (Å²) in [5.74, 6) is 0.802. The molecule has 1 heterocycles. The van der Waals surface area contributed by atoms with E-state index in [2.05, 4.69) is 44.2 Å². The van der Waals surface area contributed by atoms with Crippen molar-refractivity contribution in [3.63, 3.8) is 0 Å². The Morgan fingerprint density at radius 3 is 2.37 bits per heavy atom. The molecule has 0 saturated heterocycles. The number of aliphatic imine (C=N–C) groups is 1. The Bertz CT molecular complexity index is 977. The van der Waals surface area contributed by atoms with Crippen LogP contribution >= 0.6 is 24.0 Å². The van der Waals surface area contributed by atoms with Crippen molar-refractivity contribution in [2.24, 2.45) is 4.99 Å². The van der Waals surface area contributed by atoms with Crippen molar-refractivity contribution >= 4 is 40.0 Å². The van der Waals surface area contributed by atoms with Gasteiger partial charge in [0.2, 0.25) is 10.0 Å². The van der Waals surface area contributed by atoms with Gasteiger partial charge in [0.15, 0.2) is 5.96 Å². The highest BCUT2D eigenvalue weighted by Crippen LogP contribution is 2.19. The number of fused-ring (bicyclic) bond motifs is 1. The fraction of sp³-hybridized carbons (Fsp3) is 0.409. The number of hydrogen-bond donors (Lipinski definition) is 2. The number of nitrogens with one attached hydrogen (secondary N) is 2. The Labute approximate surface area is 197 Å². The van der Waals surface area contributed by atoms with Crippen LogP contribution in [-0.2, 0) is 35.3 Å². The molecule has 0 bridgehead atoms. The molecule has 0 atom stereocenters. The lowest BCUT2D eigenvalue weighted by Crippen LogP contribution is -2.43. The lowest BCUT2D eigenvalue weighted by Gasteiger charge is -2.31. The van der Waals surface area contributed by atoms with E-state index in [1.807, 2.05) is 38.1 Å². The summed E-state index contributed by atoms with van der Waals surface area (Å²) in [5, 5.41) is 3.41. The molecule has 0 saturated carbocycles. The predicted octanol–water partition coefficient (Wildman–Crippen LogP) is 3.27. The lowest BCUT2D eigenvalue weighted by molar-refractivity contribution is 0.378. The Kier molecular flexibility index (Phi) is 9.11. The van der Waals surface area contributed by atoms with Crippen LogP contribution in [0.2, 0.25) is 0 Å². The second kappa shape index (κ2) is 11.1. The van der Waals surface area contributed by atoms with Crippen LogP contribution in [0, 0.1) is 0 Å². The largest absolute Gasteiger partial charge is 0.352 e. The number of halogens is 1. The first kappa shape index (κ1) is 24.6. The molecule has 1 aliphatic heterocycles. The van der Waals surface area contributed by atoms with Gasteiger partial charge in [0.05, 0.1) is 5.75 Å². The van der Waals surface area contributed by atoms with Crippen LogP contribution in [-0.4, -0.2) is 38.9 Å². The molecular weight excluding hydrogens is 511 g/mol. The monoisotopic (exact) mass is 542 g/mol. The molecule has 0 spiro atoms. The Hall–Kier alpha value is -1.65. The molecule has 0 unspecified atom stereocenters. The smallest absolute Gasteiger partial charge is 0.216 e. The molecule has 0 aliphatic carbocycles. The lowest BCUT2D eigenvalue weighted by atomic mass is 10.0. The van der Waals surface area contributed by atoms with Gasteiger partial charge in [-0.3, -0.25) is 4.99 Å². The molecule has 2 N–H and O–H groups in total. The topological polar surface area (TPSA) is 73.8 Å². The van der Waals surface area contributed by atoms with Gasteiger partial charge in [0.1, 0.15) is 0 Å². The van der Waals surface area contributed by atoms with Crippen LogP contribution in [0.3, 0.4) is 0 Å². The van der Waals surface area contributed by atoms with Crippen molar-refractivity contribution in [2.75, 3.05) is 13.6 Å². The maximum absolute atomic E-state index is 12.4. The number of benzene rings is 2. The van der Waals surface area contributed by atoms with Gasteiger partial charge in [-0.1, -0.05) is 48.5 Å². The molecule has 0 radical (unpaired) electrons. The second-order valence-electron chi connectivity index (χ2n) is 7.64. The fourth-order valence-corrected chi connectivity index (χ4v) is 5.15. The first-order chi connectivity index (χ1) is 13.9. The van der Waals surface area contributed by atoms with E-state index in [0.717, 1.165) is 36.6 Å². The number of hydrogen-bond acceptors (Lipinski definition) is 3. The molecule has 0 aromatic heterocycles. The van der Waals surface area contributed by atoms with E-state index in [0.29, 0.717) is 6.54 Å².